The third kappa shape index (κ3) is 3.52. The second kappa shape index (κ2) is 6.63. The van der Waals surface area contributed by atoms with Crippen LogP contribution in [0.4, 0.5) is 0 Å². The Hall–Kier alpha value is -2.46. The van der Waals surface area contributed by atoms with Crippen LogP contribution < -0.4 is 5.32 Å². The molecule has 0 saturated heterocycles. The van der Waals surface area contributed by atoms with Crippen molar-refractivity contribution in [3.05, 3.63) is 78.1 Å². The van der Waals surface area contributed by atoms with E-state index < -0.39 is 5.97 Å². The van der Waals surface area contributed by atoms with Crippen LogP contribution >= 0.6 is 0 Å². The molecule has 0 aliphatic carbocycles. The molecule has 0 radical (unpaired) electrons. The molecule has 0 aliphatic rings. The van der Waals surface area contributed by atoms with Gasteiger partial charge < -0.3 is 10.4 Å². The lowest BCUT2D eigenvalue weighted by Gasteiger charge is -2.19. The normalized spacial score (nSPS) is 11.8. The second-order valence-corrected chi connectivity index (χ2v) is 4.41. The Balaban J connectivity index is 2.22. The SMILES string of the molecule is C=C(CNC(c1ccccc1)c1ccncc1)C(=O)O. The predicted octanol–water partition coefficient (Wildman–Crippen LogP) is 2.40. The average molecular weight is 268 g/mol. The van der Waals surface area contributed by atoms with Gasteiger partial charge in [-0.15, -0.1) is 0 Å². The first kappa shape index (κ1) is 14.0. The molecule has 4 nitrogen and oxygen atoms in total. The molecular weight excluding hydrogens is 252 g/mol. The molecule has 4 heteroatoms. The van der Waals surface area contributed by atoms with Gasteiger partial charge >= 0.3 is 5.97 Å². The molecule has 0 amide bonds. The maximum atomic E-state index is 10.8. The Morgan fingerprint density at radius 1 is 1.15 bits per heavy atom. The van der Waals surface area contributed by atoms with Crippen LogP contribution in [0, 0.1) is 0 Å². The van der Waals surface area contributed by atoms with Crippen molar-refractivity contribution in [2.24, 2.45) is 0 Å². The Kier molecular flexibility index (Phi) is 4.63. The van der Waals surface area contributed by atoms with Gasteiger partial charge in [0.05, 0.1) is 6.04 Å². The third-order valence-electron chi connectivity index (χ3n) is 2.99. The van der Waals surface area contributed by atoms with Gasteiger partial charge in [0.2, 0.25) is 0 Å². The monoisotopic (exact) mass is 268 g/mol. The van der Waals surface area contributed by atoms with E-state index in [1.54, 1.807) is 12.4 Å². The van der Waals surface area contributed by atoms with Crippen molar-refractivity contribution in [3.8, 4) is 0 Å². The van der Waals surface area contributed by atoms with Crippen molar-refractivity contribution in [3.63, 3.8) is 0 Å². The number of carboxylic acids is 1. The number of hydrogen-bond acceptors (Lipinski definition) is 3. The molecule has 1 heterocycles. The number of carboxylic acid groups (broad SMARTS) is 1. The summed E-state index contributed by atoms with van der Waals surface area (Å²) >= 11 is 0. The number of pyridine rings is 1. The van der Waals surface area contributed by atoms with E-state index in [1.165, 1.54) is 0 Å². The zero-order valence-electron chi connectivity index (χ0n) is 11.0. The zero-order chi connectivity index (χ0) is 14.4. The molecule has 0 saturated carbocycles. The number of carbonyl (C=O) groups is 1. The molecule has 0 fully saturated rings. The maximum Gasteiger partial charge on any atom is 0.332 e. The van der Waals surface area contributed by atoms with Gasteiger partial charge in [0.1, 0.15) is 0 Å². The van der Waals surface area contributed by atoms with Gasteiger partial charge in [-0.3, -0.25) is 4.98 Å². The molecular formula is C16H16N2O2. The summed E-state index contributed by atoms with van der Waals surface area (Å²) in [6.45, 7) is 3.76. The number of rotatable bonds is 6. The molecule has 2 rings (SSSR count). The van der Waals surface area contributed by atoms with Crippen LogP contribution in [0.2, 0.25) is 0 Å². The standard InChI is InChI=1S/C16H16N2O2/c1-12(16(19)20)11-18-15(13-5-3-2-4-6-13)14-7-9-17-10-8-14/h2-10,15,18H,1,11H2,(H,19,20). The highest BCUT2D eigenvalue weighted by Crippen LogP contribution is 2.21. The average Bonchev–Trinajstić information content (AvgIpc) is 2.49. The van der Waals surface area contributed by atoms with E-state index in [4.69, 9.17) is 5.11 Å². The first-order valence-corrected chi connectivity index (χ1v) is 6.28. The van der Waals surface area contributed by atoms with Crippen LogP contribution in [-0.4, -0.2) is 22.6 Å². The number of benzene rings is 1. The first-order chi connectivity index (χ1) is 9.68. The second-order valence-electron chi connectivity index (χ2n) is 4.41. The molecule has 0 spiro atoms. The fourth-order valence-corrected chi connectivity index (χ4v) is 1.93. The van der Waals surface area contributed by atoms with E-state index in [0.717, 1.165) is 11.1 Å². The molecule has 2 aromatic rings. The highest BCUT2D eigenvalue weighted by atomic mass is 16.4. The number of aromatic nitrogens is 1. The lowest BCUT2D eigenvalue weighted by molar-refractivity contribution is -0.132. The van der Waals surface area contributed by atoms with Crippen molar-refractivity contribution in [1.82, 2.24) is 10.3 Å². The van der Waals surface area contributed by atoms with Gasteiger partial charge in [-0.1, -0.05) is 36.9 Å². The number of nitrogens with one attached hydrogen (secondary N) is 1. The summed E-state index contributed by atoms with van der Waals surface area (Å²) in [4.78, 5) is 14.8. The van der Waals surface area contributed by atoms with Gasteiger partial charge in [0.15, 0.2) is 0 Å². The molecule has 20 heavy (non-hydrogen) atoms. The fourth-order valence-electron chi connectivity index (χ4n) is 1.93. The van der Waals surface area contributed by atoms with Crippen molar-refractivity contribution in [2.75, 3.05) is 6.54 Å². The fraction of sp³-hybridized carbons (Fsp3) is 0.125. The van der Waals surface area contributed by atoms with Crippen LogP contribution in [-0.2, 0) is 4.79 Å². The van der Waals surface area contributed by atoms with Crippen molar-refractivity contribution in [2.45, 2.75) is 6.04 Å². The minimum Gasteiger partial charge on any atom is -0.478 e. The van der Waals surface area contributed by atoms with Crippen LogP contribution in [0.5, 0.6) is 0 Å². The lowest BCUT2D eigenvalue weighted by Crippen LogP contribution is -2.26. The van der Waals surface area contributed by atoms with E-state index >= 15 is 0 Å². The molecule has 2 N–H and O–H groups in total. The Bertz CT molecular complexity index is 542. The Morgan fingerprint density at radius 2 is 1.75 bits per heavy atom. The maximum absolute atomic E-state index is 10.8. The first-order valence-electron chi connectivity index (χ1n) is 6.28. The number of aliphatic carboxylic acids is 1. The highest BCUT2D eigenvalue weighted by molar-refractivity contribution is 5.86. The largest absolute Gasteiger partial charge is 0.478 e. The van der Waals surface area contributed by atoms with Gasteiger partial charge in [0, 0.05) is 24.5 Å². The Labute approximate surface area is 117 Å². The molecule has 1 unspecified atom stereocenters. The van der Waals surface area contributed by atoms with Crippen LogP contribution in [0.25, 0.3) is 0 Å². The number of hydrogen-bond donors (Lipinski definition) is 2. The van der Waals surface area contributed by atoms with E-state index in [1.807, 2.05) is 42.5 Å². The van der Waals surface area contributed by atoms with Crippen molar-refractivity contribution >= 4 is 5.97 Å². The van der Waals surface area contributed by atoms with E-state index in [2.05, 4.69) is 16.9 Å². The summed E-state index contributed by atoms with van der Waals surface area (Å²) in [7, 11) is 0. The summed E-state index contributed by atoms with van der Waals surface area (Å²) < 4.78 is 0. The zero-order valence-corrected chi connectivity index (χ0v) is 11.0. The summed E-state index contributed by atoms with van der Waals surface area (Å²) in [5.41, 5.74) is 2.24. The van der Waals surface area contributed by atoms with Crippen molar-refractivity contribution < 1.29 is 9.90 Å². The van der Waals surface area contributed by atoms with Gasteiger partial charge in [-0.2, -0.15) is 0 Å². The Morgan fingerprint density at radius 3 is 2.35 bits per heavy atom. The molecule has 1 aromatic carbocycles. The van der Waals surface area contributed by atoms with Crippen LogP contribution in [0.1, 0.15) is 17.2 Å². The number of nitrogens with zero attached hydrogens (tertiary/aromatic N) is 1. The highest BCUT2D eigenvalue weighted by Gasteiger charge is 2.14. The van der Waals surface area contributed by atoms with Gasteiger partial charge in [-0.05, 0) is 23.3 Å². The summed E-state index contributed by atoms with van der Waals surface area (Å²) in [6, 6.07) is 13.6. The molecule has 1 atom stereocenters. The lowest BCUT2D eigenvalue weighted by atomic mass is 9.99. The van der Waals surface area contributed by atoms with E-state index in [9.17, 15) is 4.79 Å². The van der Waals surface area contributed by atoms with Crippen molar-refractivity contribution in [1.29, 1.82) is 0 Å². The topological polar surface area (TPSA) is 62.2 Å². The van der Waals surface area contributed by atoms with Gasteiger partial charge in [0.25, 0.3) is 0 Å². The minimum atomic E-state index is -0.987. The quantitative estimate of drug-likeness (QED) is 0.790. The van der Waals surface area contributed by atoms with Crippen LogP contribution in [0.15, 0.2) is 67.0 Å². The van der Waals surface area contributed by atoms with Crippen LogP contribution in [0.3, 0.4) is 0 Å². The van der Waals surface area contributed by atoms with E-state index in [0.29, 0.717) is 0 Å². The smallest absolute Gasteiger partial charge is 0.332 e. The minimum absolute atomic E-state index is 0.0877. The molecule has 0 aliphatic heterocycles. The van der Waals surface area contributed by atoms with Gasteiger partial charge in [-0.25, -0.2) is 4.79 Å². The summed E-state index contributed by atoms with van der Waals surface area (Å²) in [5, 5.41) is 12.1. The third-order valence-corrected chi connectivity index (χ3v) is 2.99. The molecule has 0 bridgehead atoms. The predicted molar refractivity (Wildman–Crippen MR) is 77.3 cm³/mol. The summed E-state index contributed by atoms with van der Waals surface area (Å²) in [5.74, 6) is -0.987. The molecule has 102 valence electrons. The molecule has 1 aromatic heterocycles. The summed E-state index contributed by atoms with van der Waals surface area (Å²) in [6.07, 6.45) is 3.44. The van der Waals surface area contributed by atoms with E-state index in [-0.39, 0.29) is 18.2 Å².